The number of carbonyl (C=O) groups excluding carboxylic acids is 1. The van der Waals surface area contributed by atoms with Crippen LogP contribution in [0.15, 0.2) is 16.2 Å². The zero-order valence-electron chi connectivity index (χ0n) is 19.4. The van der Waals surface area contributed by atoms with Crippen LogP contribution in [0.3, 0.4) is 0 Å². The van der Waals surface area contributed by atoms with Crippen LogP contribution < -0.4 is 10.9 Å². The lowest BCUT2D eigenvalue weighted by Gasteiger charge is -2.32. The lowest BCUT2D eigenvalue weighted by Crippen LogP contribution is -2.40. The average Bonchev–Trinajstić information content (AvgIpc) is 3.08. The Morgan fingerprint density at radius 2 is 1.94 bits per heavy atom. The molecule has 0 radical (unpaired) electrons. The Balaban J connectivity index is 1.46. The Kier molecular flexibility index (Phi) is 8.39. The molecular weight excluding hydrogens is 451 g/mol. The molecule has 0 bridgehead atoms. The van der Waals surface area contributed by atoms with Gasteiger partial charge in [-0.3, -0.25) is 14.5 Å². The second kappa shape index (κ2) is 10.9. The van der Waals surface area contributed by atoms with E-state index in [0.717, 1.165) is 48.9 Å². The van der Waals surface area contributed by atoms with Gasteiger partial charge in [0.1, 0.15) is 0 Å². The minimum atomic E-state index is -4.12. The average molecular weight is 484 g/mol. The van der Waals surface area contributed by atoms with E-state index in [0.29, 0.717) is 30.1 Å². The summed E-state index contributed by atoms with van der Waals surface area (Å²) in [6.45, 7) is 6.02. The summed E-state index contributed by atoms with van der Waals surface area (Å²) in [7, 11) is 0. The molecule has 1 aliphatic rings. The van der Waals surface area contributed by atoms with Crippen molar-refractivity contribution in [3.63, 3.8) is 0 Å². The number of rotatable bonds is 8. The van der Waals surface area contributed by atoms with Crippen LogP contribution in [0.25, 0.3) is 0 Å². The van der Waals surface area contributed by atoms with Gasteiger partial charge in [-0.2, -0.15) is 13.2 Å². The number of piperidine rings is 1. The smallest absolute Gasteiger partial charge is 0.348 e. The second-order valence-corrected chi connectivity index (χ2v) is 10.0. The van der Waals surface area contributed by atoms with E-state index in [9.17, 15) is 22.8 Å². The van der Waals surface area contributed by atoms with Crippen LogP contribution in [0.5, 0.6) is 0 Å². The highest BCUT2D eigenvalue weighted by molar-refractivity contribution is 7.10. The van der Waals surface area contributed by atoms with Gasteiger partial charge < -0.3 is 10.3 Å². The third-order valence-corrected chi connectivity index (χ3v) is 7.58. The number of pyridine rings is 1. The number of H-pyrrole nitrogens is 1. The van der Waals surface area contributed by atoms with Gasteiger partial charge in [-0.25, -0.2) is 0 Å². The molecule has 2 N–H and O–H groups in total. The number of halogens is 3. The number of amides is 1. The quantitative estimate of drug-likeness (QED) is 0.562. The molecule has 1 fully saturated rings. The van der Waals surface area contributed by atoms with Gasteiger partial charge in [0.05, 0.1) is 12.1 Å². The summed E-state index contributed by atoms with van der Waals surface area (Å²) >= 11 is 1.57. The summed E-state index contributed by atoms with van der Waals surface area (Å²) in [5, 5.41) is 4.72. The number of hydrogen-bond donors (Lipinski definition) is 2. The molecule has 2 aromatic heterocycles. The molecule has 2 aromatic rings. The maximum absolute atomic E-state index is 12.7. The van der Waals surface area contributed by atoms with Gasteiger partial charge in [0, 0.05) is 28.1 Å². The van der Waals surface area contributed by atoms with Crippen molar-refractivity contribution in [2.24, 2.45) is 5.92 Å². The monoisotopic (exact) mass is 483 g/mol. The number of alkyl halides is 3. The number of aromatic nitrogens is 1. The van der Waals surface area contributed by atoms with Crippen LogP contribution in [0.2, 0.25) is 0 Å². The molecule has 182 valence electrons. The first kappa shape index (κ1) is 25.5. The van der Waals surface area contributed by atoms with E-state index in [2.05, 4.69) is 10.3 Å². The van der Waals surface area contributed by atoms with Crippen molar-refractivity contribution in [1.82, 2.24) is 15.2 Å². The Hall–Kier alpha value is -2.13. The van der Waals surface area contributed by atoms with Crippen LogP contribution in [-0.4, -0.2) is 41.6 Å². The fraction of sp³-hybridized carbons (Fsp3) is 0.583. The number of thiophene rings is 1. The summed E-state index contributed by atoms with van der Waals surface area (Å²) in [4.78, 5) is 30.3. The van der Waals surface area contributed by atoms with E-state index in [1.807, 2.05) is 32.2 Å². The Morgan fingerprint density at radius 3 is 2.58 bits per heavy atom. The lowest BCUT2D eigenvalue weighted by atomic mass is 9.91. The van der Waals surface area contributed by atoms with E-state index in [-0.39, 0.29) is 18.0 Å². The SMILES string of the molecule is Cc1cc(C)c(CNC(=O)c2csc(CCCC3CCN(CC(F)(F)F)CC3)c2C)c(=O)[nH]1. The maximum Gasteiger partial charge on any atom is 0.401 e. The molecule has 0 atom stereocenters. The van der Waals surface area contributed by atoms with Crippen molar-refractivity contribution >= 4 is 17.2 Å². The molecule has 0 aromatic carbocycles. The van der Waals surface area contributed by atoms with Gasteiger partial charge in [-0.05, 0) is 82.7 Å². The molecule has 0 saturated carbocycles. The molecule has 0 spiro atoms. The van der Waals surface area contributed by atoms with E-state index in [4.69, 9.17) is 0 Å². The van der Waals surface area contributed by atoms with Gasteiger partial charge in [0.2, 0.25) is 0 Å². The highest BCUT2D eigenvalue weighted by atomic mass is 32.1. The van der Waals surface area contributed by atoms with Crippen LogP contribution in [0, 0.1) is 26.7 Å². The van der Waals surface area contributed by atoms with Gasteiger partial charge in [-0.1, -0.05) is 6.42 Å². The number of aromatic amines is 1. The maximum atomic E-state index is 12.7. The number of likely N-dealkylation sites (tertiary alicyclic amines) is 1. The van der Waals surface area contributed by atoms with Gasteiger partial charge in [0.15, 0.2) is 0 Å². The number of carbonyl (C=O) groups is 1. The van der Waals surface area contributed by atoms with Crippen molar-refractivity contribution in [3.05, 3.63) is 54.6 Å². The second-order valence-electron chi connectivity index (χ2n) is 9.05. The van der Waals surface area contributed by atoms with E-state index in [1.165, 1.54) is 9.78 Å². The fourth-order valence-corrected chi connectivity index (χ4v) is 5.62. The third-order valence-electron chi connectivity index (χ3n) is 6.43. The van der Waals surface area contributed by atoms with E-state index < -0.39 is 12.7 Å². The fourth-order valence-electron chi connectivity index (χ4n) is 4.53. The molecule has 9 heteroatoms. The van der Waals surface area contributed by atoms with Crippen LogP contribution in [-0.2, 0) is 13.0 Å². The molecule has 1 saturated heterocycles. The van der Waals surface area contributed by atoms with Crippen molar-refractivity contribution in [2.45, 2.75) is 65.6 Å². The lowest BCUT2D eigenvalue weighted by molar-refractivity contribution is -0.148. The molecular formula is C24H32F3N3O2S. The third kappa shape index (κ3) is 7.17. The minimum Gasteiger partial charge on any atom is -0.348 e. The first-order valence-electron chi connectivity index (χ1n) is 11.4. The molecule has 1 aliphatic heterocycles. The zero-order chi connectivity index (χ0) is 24.2. The van der Waals surface area contributed by atoms with E-state index >= 15 is 0 Å². The predicted molar refractivity (Wildman–Crippen MR) is 125 cm³/mol. The highest BCUT2D eigenvalue weighted by Gasteiger charge is 2.32. The summed E-state index contributed by atoms with van der Waals surface area (Å²) in [6, 6.07) is 1.89. The molecule has 3 rings (SSSR count). The van der Waals surface area contributed by atoms with Crippen LogP contribution >= 0.6 is 11.3 Å². The predicted octanol–water partition coefficient (Wildman–Crippen LogP) is 4.89. The minimum absolute atomic E-state index is 0.179. The number of nitrogens with one attached hydrogen (secondary N) is 2. The van der Waals surface area contributed by atoms with Gasteiger partial charge in [-0.15, -0.1) is 11.3 Å². The number of aryl methyl sites for hydroxylation is 3. The van der Waals surface area contributed by atoms with Crippen molar-refractivity contribution in [3.8, 4) is 0 Å². The number of hydrogen-bond acceptors (Lipinski definition) is 4. The largest absolute Gasteiger partial charge is 0.401 e. The summed E-state index contributed by atoms with van der Waals surface area (Å²) in [6.07, 6.45) is 0.319. The van der Waals surface area contributed by atoms with E-state index in [1.54, 1.807) is 11.3 Å². The normalized spacial score (nSPS) is 15.7. The van der Waals surface area contributed by atoms with Crippen molar-refractivity contribution in [2.75, 3.05) is 19.6 Å². The first-order valence-corrected chi connectivity index (χ1v) is 12.2. The number of nitrogens with zero attached hydrogens (tertiary/aromatic N) is 1. The zero-order valence-corrected chi connectivity index (χ0v) is 20.2. The van der Waals surface area contributed by atoms with Crippen LogP contribution in [0.1, 0.15) is 63.3 Å². The first-order chi connectivity index (χ1) is 15.5. The Labute approximate surface area is 196 Å². The molecule has 0 aliphatic carbocycles. The highest BCUT2D eigenvalue weighted by Crippen LogP contribution is 2.28. The Morgan fingerprint density at radius 1 is 1.24 bits per heavy atom. The summed E-state index contributed by atoms with van der Waals surface area (Å²) in [5.74, 6) is 0.278. The summed E-state index contributed by atoms with van der Waals surface area (Å²) < 4.78 is 37.6. The molecule has 0 unspecified atom stereocenters. The summed E-state index contributed by atoms with van der Waals surface area (Å²) in [5.41, 5.74) is 3.62. The van der Waals surface area contributed by atoms with Crippen molar-refractivity contribution in [1.29, 1.82) is 0 Å². The van der Waals surface area contributed by atoms with Crippen LogP contribution in [0.4, 0.5) is 13.2 Å². The molecule has 1 amide bonds. The molecule has 33 heavy (non-hydrogen) atoms. The van der Waals surface area contributed by atoms with Gasteiger partial charge >= 0.3 is 6.18 Å². The molecule has 3 heterocycles. The van der Waals surface area contributed by atoms with Crippen molar-refractivity contribution < 1.29 is 18.0 Å². The topological polar surface area (TPSA) is 65.2 Å². The molecule has 5 nitrogen and oxygen atoms in total. The van der Waals surface area contributed by atoms with Gasteiger partial charge in [0.25, 0.3) is 11.5 Å². The Bertz CT molecular complexity index is 1020. The standard InChI is InChI=1S/C24H32F3N3O2S/c1-15-11-16(2)29-23(32)19(15)12-28-22(31)20-13-33-21(17(20)3)6-4-5-18-7-9-30(10-8-18)14-24(25,26)27/h11,13,18H,4-10,12,14H2,1-3H3,(H,28,31)(H,29,32).